The average Bonchev–Trinajstić information content (AvgIpc) is 3.34. The van der Waals surface area contributed by atoms with Gasteiger partial charge in [-0.1, -0.05) is 261 Å². The van der Waals surface area contributed by atoms with Gasteiger partial charge in [0.05, 0.1) is 13.2 Å². The smallest absolute Gasteiger partial charge is 0.462 e. The Morgan fingerprint density at radius 3 is 1.19 bits per heavy atom. The number of hydrogen-bond donors (Lipinski definition) is 2. The summed E-state index contributed by atoms with van der Waals surface area (Å²) >= 11 is 0. The molecular weight excluding hydrogens is 882 g/mol. The van der Waals surface area contributed by atoms with Crippen molar-refractivity contribution in [2.24, 2.45) is 5.73 Å². The van der Waals surface area contributed by atoms with Crippen molar-refractivity contribution < 1.29 is 37.6 Å². The van der Waals surface area contributed by atoms with Crippen molar-refractivity contribution in [3.8, 4) is 0 Å². The highest BCUT2D eigenvalue weighted by atomic mass is 31.2. The zero-order valence-corrected chi connectivity index (χ0v) is 45.7. The van der Waals surface area contributed by atoms with Crippen molar-refractivity contribution >= 4 is 19.8 Å². The molecule has 402 valence electrons. The maximum atomic E-state index is 12.7. The number of carbonyl (C=O) groups is 2. The van der Waals surface area contributed by atoms with Gasteiger partial charge in [0.15, 0.2) is 6.10 Å². The molecular formula is C59H108NO8P. The first-order valence-electron chi connectivity index (χ1n) is 28.8. The SMILES string of the molecule is CC/C=C\C/C=C\C/C=C\C/C=C\C/C=C\CCCCCCCC(=O)OC(COC(=O)CCCCCCCCCCCCCCCCCCCCCCCCCCCCC)COP(=O)(O)OCCN. The minimum Gasteiger partial charge on any atom is -0.462 e. The quantitative estimate of drug-likeness (QED) is 0.0264. The fourth-order valence-electron chi connectivity index (χ4n) is 8.19. The van der Waals surface area contributed by atoms with E-state index in [4.69, 9.17) is 24.3 Å². The molecule has 3 N–H and O–H groups in total. The summed E-state index contributed by atoms with van der Waals surface area (Å²) < 4.78 is 33.0. The first kappa shape index (κ1) is 66.7. The van der Waals surface area contributed by atoms with Crippen molar-refractivity contribution in [3.05, 3.63) is 60.8 Å². The van der Waals surface area contributed by atoms with Crippen LogP contribution in [0.2, 0.25) is 0 Å². The summed E-state index contributed by atoms with van der Waals surface area (Å²) in [6.07, 6.45) is 68.5. The normalized spacial score (nSPS) is 13.5. The van der Waals surface area contributed by atoms with Crippen LogP contribution < -0.4 is 5.73 Å². The van der Waals surface area contributed by atoms with Crippen molar-refractivity contribution in [1.82, 2.24) is 0 Å². The van der Waals surface area contributed by atoms with E-state index in [1.54, 1.807) is 0 Å². The fraction of sp³-hybridized carbons (Fsp3) is 0.797. The topological polar surface area (TPSA) is 134 Å². The minimum atomic E-state index is -4.39. The molecule has 0 heterocycles. The molecule has 0 amide bonds. The first-order chi connectivity index (χ1) is 33.8. The Labute approximate surface area is 425 Å². The number of phosphoric acid groups is 1. The Morgan fingerprint density at radius 1 is 0.449 bits per heavy atom. The van der Waals surface area contributed by atoms with E-state index in [0.29, 0.717) is 6.42 Å². The maximum Gasteiger partial charge on any atom is 0.472 e. The summed E-state index contributed by atoms with van der Waals surface area (Å²) in [5, 5.41) is 0. The number of unbranched alkanes of at least 4 members (excludes halogenated alkanes) is 31. The van der Waals surface area contributed by atoms with Crippen molar-refractivity contribution in [2.75, 3.05) is 26.4 Å². The molecule has 0 fully saturated rings. The molecule has 0 saturated heterocycles. The van der Waals surface area contributed by atoms with Gasteiger partial charge in [0.2, 0.25) is 0 Å². The van der Waals surface area contributed by atoms with Crippen LogP contribution in [-0.4, -0.2) is 49.3 Å². The van der Waals surface area contributed by atoms with Crippen LogP contribution >= 0.6 is 7.82 Å². The van der Waals surface area contributed by atoms with Crippen LogP contribution in [0.25, 0.3) is 0 Å². The van der Waals surface area contributed by atoms with Gasteiger partial charge < -0.3 is 20.1 Å². The van der Waals surface area contributed by atoms with E-state index in [1.807, 2.05) is 0 Å². The molecule has 0 spiro atoms. The molecule has 0 aliphatic carbocycles. The first-order valence-corrected chi connectivity index (χ1v) is 30.3. The van der Waals surface area contributed by atoms with Crippen LogP contribution in [0.4, 0.5) is 0 Å². The third-order valence-electron chi connectivity index (χ3n) is 12.4. The van der Waals surface area contributed by atoms with Crippen LogP contribution in [0, 0.1) is 0 Å². The Balaban J connectivity index is 3.97. The molecule has 2 atom stereocenters. The van der Waals surface area contributed by atoms with Crippen molar-refractivity contribution in [3.63, 3.8) is 0 Å². The molecule has 9 nitrogen and oxygen atoms in total. The van der Waals surface area contributed by atoms with Gasteiger partial charge in [0, 0.05) is 19.4 Å². The summed E-state index contributed by atoms with van der Waals surface area (Å²) in [6, 6.07) is 0. The number of hydrogen-bond acceptors (Lipinski definition) is 8. The van der Waals surface area contributed by atoms with Gasteiger partial charge in [-0.2, -0.15) is 0 Å². The Kier molecular flexibility index (Phi) is 53.2. The largest absolute Gasteiger partial charge is 0.472 e. The van der Waals surface area contributed by atoms with Crippen LogP contribution in [0.3, 0.4) is 0 Å². The molecule has 69 heavy (non-hydrogen) atoms. The van der Waals surface area contributed by atoms with Gasteiger partial charge in [-0.15, -0.1) is 0 Å². The van der Waals surface area contributed by atoms with Gasteiger partial charge >= 0.3 is 19.8 Å². The van der Waals surface area contributed by atoms with Crippen LogP contribution in [0.5, 0.6) is 0 Å². The molecule has 0 radical (unpaired) electrons. The zero-order valence-electron chi connectivity index (χ0n) is 44.8. The monoisotopic (exact) mass is 990 g/mol. The van der Waals surface area contributed by atoms with Crippen molar-refractivity contribution in [2.45, 2.75) is 277 Å². The minimum absolute atomic E-state index is 0.0486. The lowest BCUT2D eigenvalue weighted by Gasteiger charge is -2.19. The number of ether oxygens (including phenoxy) is 2. The summed E-state index contributed by atoms with van der Waals surface area (Å²) in [6.45, 7) is 3.64. The van der Waals surface area contributed by atoms with E-state index in [2.05, 4.69) is 74.6 Å². The van der Waals surface area contributed by atoms with E-state index in [-0.39, 0.29) is 38.6 Å². The second-order valence-corrected chi connectivity index (χ2v) is 20.6. The highest BCUT2D eigenvalue weighted by Gasteiger charge is 2.26. The lowest BCUT2D eigenvalue weighted by molar-refractivity contribution is -0.161. The van der Waals surface area contributed by atoms with Crippen LogP contribution in [0.15, 0.2) is 60.8 Å². The lowest BCUT2D eigenvalue weighted by atomic mass is 10.0. The van der Waals surface area contributed by atoms with Gasteiger partial charge in [0.25, 0.3) is 0 Å². The third kappa shape index (κ3) is 54.9. The highest BCUT2D eigenvalue weighted by molar-refractivity contribution is 7.47. The van der Waals surface area contributed by atoms with E-state index in [9.17, 15) is 19.0 Å². The number of rotatable bonds is 54. The fourth-order valence-corrected chi connectivity index (χ4v) is 8.96. The molecule has 0 aliphatic heterocycles. The second kappa shape index (κ2) is 55.0. The summed E-state index contributed by atoms with van der Waals surface area (Å²) in [4.78, 5) is 35.2. The Hall–Kier alpha value is -2.29. The molecule has 0 aromatic heterocycles. The second-order valence-electron chi connectivity index (χ2n) is 19.1. The molecule has 0 bridgehead atoms. The molecule has 0 aliphatic rings. The molecule has 0 aromatic rings. The number of nitrogens with two attached hydrogens (primary N) is 1. The van der Waals surface area contributed by atoms with Gasteiger partial charge in [-0.3, -0.25) is 18.6 Å². The highest BCUT2D eigenvalue weighted by Crippen LogP contribution is 2.43. The van der Waals surface area contributed by atoms with E-state index in [1.165, 1.54) is 154 Å². The average molecular weight is 990 g/mol. The van der Waals surface area contributed by atoms with Crippen LogP contribution in [0.1, 0.15) is 271 Å². The summed E-state index contributed by atoms with van der Waals surface area (Å²) in [7, 11) is -4.39. The van der Waals surface area contributed by atoms with Gasteiger partial charge in [-0.25, -0.2) is 4.57 Å². The van der Waals surface area contributed by atoms with Crippen molar-refractivity contribution in [1.29, 1.82) is 0 Å². The number of allylic oxidation sites excluding steroid dienone is 10. The van der Waals surface area contributed by atoms with E-state index < -0.39 is 26.5 Å². The van der Waals surface area contributed by atoms with E-state index >= 15 is 0 Å². The molecule has 0 rings (SSSR count). The molecule has 10 heteroatoms. The summed E-state index contributed by atoms with van der Waals surface area (Å²) in [5.41, 5.74) is 5.38. The lowest BCUT2D eigenvalue weighted by Crippen LogP contribution is -2.29. The Morgan fingerprint density at radius 2 is 0.797 bits per heavy atom. The van der Waals surface area contributed by atoms with Gasteiger partial charge in [-0.05, 0) is 57.8 Å². The number of carbonyl (C=O) groups excluding carboxylic acids is 2. The Bertz CT molecular complexity index is 1310. The third-order valence-corrected chi connectivity index (χ3v) is 13.4. The predicted molar refractivity (Wildman–Crippen MR) is 293 cm³/mol. The standard InChI is InChI=1S/C59H108NO8P/c1-3-5-7-9-11-13-15-17-19-21-23-25-26-27-28-29-30-32-33-35-37-39-41-43-45-47-49-51-58(61)65-55-57(56-67-69(63,64)66-54-53-60)68-59(62)52-50-48-46-44-42-40-38-36-34-31-24-22-20-18-16-14-12-10-8-6-4-2/h6,8,12,14,18,20,24,31,36,38,57H,3-5,7,9-11,13,15-17,19,21-23,25-30,32-35,37,39-56,60H2,1-2H3,(H,63,64)/b8-6-,14-12-,20-18-,31-24-,38-36-. The molecule has 2 unspecified atom stereocenters. The van der Waals surface area contributed by atoms with Crippen LogP contribution in [-0.2, 0) is 32.7 Å². The number of phosphoric ester groups is 1. The molecule has 0 saturated carbocycles. The maximum absolute atomic E-state index is 12.7. The number of esters is 2. The van der Waals surface area contributed by atoms with Gasteiger partial charge in [0.1, 0.15) is 6.61 Å². The summed E-state index contributed by atoms with van der Waals surface area (Å²) in [5.74, 6) is -0.841. The zero-order chi connectivity index (χ0) is 50.2. The van der Waals surface area contributed by atoms with E-state index in [0.717, 1.165) is 83.5 Å². The molecule has 0 aromatic carbocycles. The predicted octanol–water partition coefficient (Wildman–Crippen LogP) is 18.0.